The Morgan fingerprint density at radius 2 is 1.94 bits per heavy atom. The van der Waals surface area contributed by atoms with Crippen molar-refractivity contribution < 1.29 is 14.3 Å². The van der Waals surface area contributed by atoms with Crippen LogP contribution in [0, 0.1) is 5.82 Å². The van der Waals surface area contributed by atoms with E-state index in [1.807, 2.05) is 0 Å². The average Bonchev–Trinajstić information content (AvgIpc) is 2.30. The molecule has 0 unspecified atom stereocenters. The fourth-order valence-electron chi connectivity index (χ4n) is 1.38. The number of rotatable bonds is 2. The molecule has 2 aromatic rings. The van der Waals surface area contributed by atoms with Gasteiger partial charge in [-0.05, 0) is 12.1 Å². The average molecular weight is 217 g/mol. The number of halogens is 1. The minimum atomic E-state index is -1.10. The maximum absolute atomic E-state index is 13.4. The molecular weight excluding hydrogens is 209 g/mol. The molecule has 0 aliphatic rings. The van der Waals surface area contributed by atoms with Crippen LogP contribution in [-0.2, 0) is 0 Å². The van der Waals surface area contributed by atoms with Crippen LogP contribution in [0.25, 0.3) is 11.1 Å². The molecular formula is C12H8FNO2. The minimum Gasteiger partial charge on any atom is -0.477 e. The van der Waals surface area contributed by atoms with Gasteiger partial charge in [-0.1, -0.05) is 24.3 Å². The molecule has 1 N–H and O–H groups in total. The Balaban J connectivity index is 2.43. The van der Waals surface area contributed by atoms with Gasteiger partial charge in [0.2, 0.25) is 0 Å². The van der Waals surface area contributed by atoms with Crippen LogP contribution < -0.4 is 0 Å². The normalized spacial score (nSPS) is 10.1. The quantitative estimate of drug-likeness (QED) is 0.841. The van der Waals surface area contributed by atoms with Crippen LogP contribution in [0.3, 0.4) is 0 Å². The van der Waals surface area contributed by atoms with Crippen LogP contribution in [0.15, 0.2) is 42.6 Å². The summed E-state index contributed by atoms with van der Waals surface area (Å²) in [6.07, 6.45) is 1.35. The van der Waals surface area contributed by atoms with Gasteiger partial charge in [0.25, 0.3) is 0 Å². The molecule has 16 heavy (non-hydrogen) atoms. The highest BCUT2D eigenvalue weighted by Gasteiger charge is 2.07. The Hall–Kier alpha value is -2.23. The minimum absolute atomic E-state index is 0.0555. The largest absolute Gasteiger partial charge is 0.477 e. The van der Waals surface area contributed by atoms with Gasteiger partial charge in [0.1, 0.15) is 11.5 Å². The van der Waals surface area contributed by atoms with Crippen molar-refractivity contribution in [3.05, 3.63) is 54.1 Å². The smallest absolute Gasteiger partial charge is 0.354 e. The molecule has 0 bridgehead atoms. The summed E-state index contributed by atoms with van der Waals surface area (Å²) in [7, 11) is 0. The van der Waals surface area contributed by atoms with Gasteiger partial charge in [-0.15, -0.1) is 0 Å². The lowest BCUT2D eigenvalue weighted by atomic mass is 10.1. The second kappa shape index (κ2) is 4.10. The summed E-state index contributed by atoms with van der Waals surface area (Å²) >= 11 is 0. The van der Waals surface area contributed by atoms with Crippen molar-refractivity contribution in [2.45, 2.75) is 0 Å². The summed E-state index contributed by atoms with van der Waals surface area (Å²) in [6, 6.07) is 9.16. The van der Waals surface area contributed by atoms with E-state index in [0.29, 0.717) is 11.1 Å². The van der Waals surface area contributed by atoms with Crippen LogP contribution in [0.5, 0.6) is 0 Å². The van der Waals surface area contributed by atoms with Crippen LogP contribution in [0.4, 0.5) is 4.39 Å². The Morgan fingerprint density at radius 3 is 2.50 bits per heavy atom. The number of nitrogens with zero attached hydrogens (tertiary/aromatic N) is 1. The molecule has 4 heteroatoms. The molecule has 0 atom stereocenters. The molecule has 0 amide bonds. The highest BCUT2D eigenvalue weighted by atomic mass is 19.1. The summed E-state index contributed by atoms with van der Waals surface area (Å²) in [5.41, 5.74) is 0.912. The SMILES string of the molecule is O=C(O)c1ccc(-c2ccccc2F)cn1. The first-order chi connectivity index (χ1) is 7.68. The second-order valence-corrected chi connectivity index (χ2v) is 3.22. The third-order valence-corrected chi connectivity index (χ3v) is 2.17. The number of carboxylic acids is 1. The molecule has 80 valence electrons. The monoisotopic (exact) mass is 217 g/mol. The number of pyridine rings is 1. The number of aromatic carboxylic acids is 1. The third-order valence-electron chi connectivity index (χ3n) is 2.17. The van der Waals surface area contributed by atoms with E-state index in [-0.39, 0.29) is 11.5 Å². The fraction of sp³-hybridized carbons (Fsp3) is 0. The standard InChI is InChI=1S/C12H8FNO2/c13-10-4-2-1-3-9(10)8-5-6-11(12(15)16)14-7-8/h1-7H,(H,15,16). The Labute approximate surface area is 91.2 Å². The molecule has 3 nitrogen and oxygen atoms in total. The number of benzene rings is 1. The molecule has 1 heterocycles. The van der Waals surface area contributed by atoms with E-state index in [1.165, 1.54) is 24.4 Å². The predicted molar refractivity (Wildman–Crippen MR) is 56.6 cm³/mol. The topological polar surface area (TPSA) is 50.2 Å². The fourth-order valence-corrected chi connectivity index (χ4v) is 1.38. The summed E-state index contributed by atoms with van der Waals surface area (Å²) in [5, 5.41) is 8.66. The zero-order valence-electron chi connectivity index (χ0n) is 8.22. The lowest BCUT2D eigenvalue weighted by molar-refractivity contribution is 0.0690. The van der Waals surface area contributed by atoms with Gasteiger partial charge in [0, 0.05) is 17.3 Å². The molecule has 0 aliphatic carbocycles. The molecule has 0 saturated heterocycles. The number of hydrogen-bond acceptors (Lipinski definition) is 2. The van der Waals surface area contributed by atoms with E-state index in [1.54, 1.807) is 18.2 Å². The van der Waals surface area contributed by atoms with Gasteiger partial charge >= 0.3 is 5.97 Å². The summed E-state index contributed by atoms with van der Waals surface area (Å²) < 4.78 is 13.4. The highest BCUT2D eigenvalue weighted by molar-refractivity contribution is 5.85. The Morgan fingerprint density at radius 1 is 1.19 bits per heavy atom. The predicted octanol–water partition coefficient (Wildman–Crippen LogP) is 2.59. The van der Waals surface area contributed by atoms with E-state index in [0.717, 1.165) is 0 Å². The first-order valence-corrected chi connectivity index (χ1v) is 4.63. The zero-order chi connectivity index (χ0) is 11.5. The van der Waals surface area contributed by atoms with Gasteiger partial charge in [0.05, 0.1) is 0 Å². The van der Waals surface area contributed by atoms with E-state index in [4.69, 9.17) is 5.11 Å². The zero-order valence-corrected chi connectivity index (χ0v) is 8.22. The van der Waals surface area contributed by atoms with E-state index in [9.17, 15) is 9.18 Å². The van der Waals surface area contributed by atoms with Gasteiger partial charge in [0.15, 0.2) is 0 Å². The third kappa shape index (κ3) is 1.91. The Bertz CT molecular complexity index is 523. The van der Waals surface area contributed by atoms with E-state index < -0.39 is 5.97 Å². The van der Waals surface area contributed by atoms with Crippen LogP contribution in [0.1, 0.15) is 10.5 Å². The van der Waals surface area contributed by atoms with Gasteiger partial charge in [-0.3, -0.25) is 0 Å². The summed E-state index contributed by atoms with van der Waals surface area (Å²) in [4.78, 5) is 14.3. The molecule has 1 aromatic heterocycles. The van der Waals surface area contributed by atoms with Crippen molar-refractivity contribution in [3.63, 3.8) is 0 Å². The van der Waals surface area contributed by atoms with Crippen molar-refractivity contribution in [2.75, 3.05) is 0 Å². The van der Waals surface area contributed by atoms with Crippen molar-refractivity contribution in [1.82, 2.24) is 4.98 Å². The van der Waals surface area contributed by atoms with E-state index >= 15 is 0 Å². The second-order valence-electron chi connectivity index (χ2n) is 3.22. The lowest BCUT2D eigenvalue weighted by Gasteiger charge is -2.02. The summed E-state index contributed by atoms with van der Waals surface area (Å²) in [6.45, 7) is 0. The molecule has 2 rings (SSSR count). The van der Waals surface area contributed by atoms with Gasteiger partial charge < -0.3 is 5.11 Å². The van der Waals surface area contributed by atoms with Crippen LogP contribution in [0.2, 0.25) is 0 Å². The summed E-state index contributed by atoms with van der Waals surface area (Å²) in [5.74, 6) is -1.45. The van der Waals surface area contributed by atoms with Crippen LogP contribution >= 0.6 is 0 Å². The van der Waals surface area contributed by atoms with Crippen molar-refractivity contribution in [1.29, 1.82) is 0 Å². The molecule has 1 aromatic carbocycles. The first kappa shape index (κ1) is 10.3. The molecule has 0 saturated carbocycles. The maximum atomic E-state index is 13.4. The van der Waals surface area contributed by atoms with Gasteiger partial charge in [-0.2, -0.15) is 0 Å². The number of carbonyl (C=O) groups is 1. The highest BCUT2D eigenvalue weighted by Crippen LogP contribution is 2.21. The molecule has 0 radical (unpaired) electrons. The number of aromatic nitrogens is 1. The number of hydrogen-bond donors (Lipinski definition) is 1. The Kier molecular flexibility index (Phi) is 2.64. The van der Waals surface area contributed by atoms with E-state index in [2.05, 4.69) is 4.98 Å². The van der Waals surface area contributed by atoms with Crippen LogP contribution in [-0.4, -0.2) is 16.1 Å². The molecule has 0 spiro atoms. The molecule has 0 fully saturated rings. The van der Waals surface area contributed by atoms with Crippen molar-refractivity contribution >= 4 is 5.97 Å². The number of carboxylic acid groups (broad SMARTS) is 1. The first-order valence-electron chi connectivity index (χ1n) is 4.63. The molecule has 0 aliphatic heterocycles. The van der Waals surface area contributed by atoms with Crippen molar-refractivity contribution in [2.24, 2.45) is 0 Å². The lowest BCUT2D eigenvalue weighted by Crippen LogP contribution is -1.99. The maximum Gasteiger partial charge on any atom is 0.354 e. The van der Waals surface area contributed by atoms with Crippen molar-refractivity contribution in [3.8, 4) is 11.1 Å². The van der Waals surface area contributed by atoms with Gasteiger partial charge in [-0.25, -0.2) is 14.2 Å².